The predicted molar refractivity (Wildman–Crippen MR) is 112 cm³/mol. The van der Waals surface area contributed by atoms with Crippen molar-refractivity contribution in [3.8, 4) is 11.5 Å². The molecule has 0 saturated heterocycles. The maximum absolute atomic E-state index is 13.3. The van der Waals surface area contributed by atoms with Crippen molar-refractivity contribution < 1.29 is 14.3 Å². The van der Waals surface area contributed by atoms with Gasteiger partial charge in [-0.25, -0.2) is 4.68 Å². The number of amides is 1. The fourth-order valence-electron chi connectivity index (χ4n) is 3.59. The molecule has 1 aromatic heterocycles. The summed E-state index contributed by atoms with van der Waals surface area (Å²) in [6.07, 6.45) is 1.46. The van der Waals surface area contributed by atoms with E-state index in [1.54, 1.807) is 25.0 Å². The zero-order chi connectivity index (χ0) is 21.1. The van der Waals surface area contributed by atoms with Crippen LogP contribution < -0.4 is 20.1 Å². The number of nitrogens with one attached hydrogen (secondary N) is 2. The zero-order valence-corrected chi connectivity index (χ0v) is 17.0. The number of ether oxygens (including phenoxy) is 2. The van der Waals surface area contributed by atoms with Crippen molar-refractivity contribution in [2.75, 3.05) is 19.5 Å². The number of methoxy groups -OCH3 is 2. The Hall–Kier alpha value is -3.81. The lowest BCUT2D eigenvalue weighted by atomic mass is 9.94. The van der Waals surface area contributed by atoms with Gasteiger partial charge in [0.2, 0.25) is 5.95 Å². The molecule has 1 aliphatic rings. The summed E-state index contributed by atoms with van der Waals surface area (Å²) in [7, 11) is 3.19. The first-order valence-corrected chi connectivity index (χ1v) is 9.53. The lowest BCUT2D eigenvalue weighted by molar-refractivity contribution is -0.118. The third-order valence-electron chi connectivity index (χ3n) is 5.07. The standard InChI is InChI=1S/C22H23N5O3/c1-14-19(21(28)23-12-15-7-5-4-6-8-15)20(27-22(26-14)24-13-25-27)17-10-9-16(29-2)11-18(17)30-3/h4-11,13,20H,12H2,1-3H3,(H,23,28)(H,24,25,26)/t20-/m0/s1. The summed E-state index contributed by atoms with van der Waals surface area (Å²) in [4.78, 5) is 17.6. The Bertz CT molecular complexity index is 1090. The normalized spacial score (nSPS) is 15.2. The Kier molecular flexibility index (Phi) is 5.38. The highest BCUT2D eigenvalue weighted by Crippen LogP contribution is 2.40. The molecule has 0 radical (unpaired) electrons. The second kappa shape index (κ2) is 8.28. The molecule has 30 heavy (non-hydrogen) atoms. The SMILES string of the molecule is COc1ccc([C@H]2C(C(=O)NCc3ccccc3)=C(C)Nc3ncnn32)c(OC)c1. The van der Waals surface area contributed by atoms with E-state index in [2.05, 4.69) is 20.7 Å². The quantitative estimate of drug-likeness (QED) is 0.655. The van der Waals surface area contributed by atoms with Gasteiger partial charge in [-0.2, -0.15) is 10.1 Å². The summed E-state index contributed by atoms with van der Waals surface area (Å²) in [5.41, 5.74) is 3.07. The van der Waals surface area contributed by atoms with Gasteiger partial charge < -0.3 is 20.1 Å². The molecule has 0 aliphatic carbocycles. The van der Waals surface area contributed by atoms with Crippen LogP contribution in [-0.2, 0) is 11.3 Å². The average Bonchev–Trinajstić information content (AvgIpc) is 3.24. The van der Waals surface area contributed by atoms with Crippen molar-refractivity contribution in [1.82, 2.24) is 20.1 Å². The third-order valence-corrected chi connectivity index (χ3v) is 5.07. The number of hydrogen-bond acceptors (Lipinski definition) is 6. The van der Waals surface area contributed by atoms with E-state index in [-0.39, 0.29) is 5.91 Å². The Labute approximate surface area is 174 Å². The van der Waals surface area contributed by atoms with Gasteiger partial charge in [0, 0.05) is 23.9 Å². The van der Waals surface area contributed by atoms with Crippen LogP contribution in [0.1, 0.15) is 24.1 Å². The molecule has 2 aromatic carbocycles. The highest BCUT2D eigenvalue weighted by molar-refractivity contribution is 5.96. The Balaban J connectivity index is 1.73. The van der Waals surface area contributed by atoms with E-state index < -0.39 is 6.04 Å². The summed E-state index contributed by atoms with van der Waals surface area (Å²) in [6, 6.07) is 14.8. The number of benzene rings is 2. The largest absolute Gasteiger partial charge is 0.497 e. The zero-order valence-electron chi connectivity index (χ0n) is 17.0. The number of carbonyl (C=O) groups excluding carboxylic acids is 1. The van der Waals surface area contributed by atoms with E-state index in [1.165, 1.54) is 6.33 Å². The minimum atomic E-state index is -0.500. The van der Waals surface area contributed by atoms with Crippen LogP contribution in [0.4, 0.5) is 5.95 Å². The van der Waals surface area contributed by atoms with Crippen LogP contribution in [0.25, 0.3) is 0 Å². The monoisotopic (exact) mass is 405 g/mol. The molecule has 8 heteroatoms. The third kappa shape index (κ3) is 3.59. The lowest BCUT2D eigenvalue weighted by Gasteiger charge is -2.29. The maximum Gasteiger partial charge on any atom is 0.251 e. The fourth-order valence-corrected chi connectivity index (χ4v) is 3.59. The van der Waals surface area contributed by atoms with Gasteiger partial charge in [-0.1, -0.05) is 30.3 Å². The number of carbonyl (C=O) groups is 1. The van der Waals surface area contributed by atoms with Crippen LogP contribution in [0.5, 0.6) is 11.5 Å². The summed E-state index contributed by atoms with van der Waals surface area (Å²) < 4.78 is 12.6. The number of rotatable bonds is 6. The molecule has 0 unspecified atom stereocenters. The van der Waals surface area contributed by atoms with Gasteiger partial charge in [-0.05, 0) is 24.6 Å². The molecule has 4 rings (SSSR count). The number of anilines is 1. The van der Waals surface area contributed by atoms with Gasteiger partial charge in [0.25, 0.3) is 5.91 Å². The van der Waals surface area contributed by atoms with Crippen LogP contribution in [-0.4, -0.2) is 34.9 Å². The number of hydrogen-bond donors (Lipinski definition) is 2. The van der Waals surface area contributed by atoms with E-state index in [1.807, 2.05) is 49.4 Å². The van der Waals surface area contributed by atoms with E-state index >= 15 is 0 Å². The molecule has 0 saturated carbocycles. The number of allylic oxidation sites excluding steroid dienone is 1. The highest BCUT2D eigenvalue weighted by Gasteiger charge is 2.35. The van der Waals surface area contributed by atoms with E-state index in [4.69, 9.17) is 9.47 Å². The molecular weight excluding hydrogens is 382 g/mol. The Morgan fingerprint density at radius 3 is 2.70 bits per heavy atom. The molecule has 2 N–H and O–H groups in total. The summed E-state index contributed by atoms with van der Waals surface area (Å²) in [5.74, 6) is 1.64. The van der Waals surface area contributed by atoms with Crippen molar-refractivity contribution in [3.05, 3.63) is 77.3 Å². The first-order chi connectivity index (χ1) is 14.6. The van der Waals surface area contributed by atoms with Gasteiger partial charge in [-0.3, -0.25) is 4.79 Å². The molecule has 154 valence electrons. The summed E-state index contributed by atoms with van der Waals surface area (Å²) >= 11 is 0. The van der Waals surface area contributed by atoms with Crippen molar-refractivity contribution in [2.24, 2.45) is 0 Å². The topological polar surface area (TPSA) is 90.3 Å². The minimum Gasteiger partial charge on any atom is -0.497 e. The second-order valence-corrected chi connectivity index (χ2v) is 6.87. The molecule has 1 aliphatic heterocycles. The van der Waals surface area contributed by atoms with Gasteiger partial charge in [0.05, 0.1) is 19.8 Å². The Morgan fingerprint density at radius 2 is 1.97 bits per heavy atom. The lowest BCUT2D eigenvalue weighted by Crippen LogP contribution is -2.35. The molecule has 2 heterocycles. The first kappa shape index (κ1) is 19.5. The average molecular weight is 405 g/mol. The highest BCUT2D eigenvalue weighted by atomic mass is 16.5. The maximum atomic E-state index is 13.3. The molecule has 0 fully saturated rings. The predicted octanol–water partition coefficient (Wildman–Crippen LogP) is 2.90. The van der Waals surface area contributed by atoms with Crippen molar-refractivity contribution in [2.45, 2.75) is 19.5 Å². The molecule has 1 amide bonds. The molecule has 0 bridgehead atoms. The van der Waals surface area contributed by atoms with Crippen molar-refractivity contribution >= 4 is 11.9 Å². The van der Waals surface area contributed by atoms with Crippen molar-refractivity contribution in [1.29, 1.82) is 0 Å². The number of fused-ring (bicyclic) bond motifs is 1. The van der Waals surface area contributed by atoms with Crippen LogP contribution >= 0.6 is 0 Å². The van der Waals surface area contributed by atoms with Crippen LogP contribution in [0.3, 0.4) is 0 Å². The Morgan fingerprint density at radius 1 is 1.17 bits per heavy atom. The molecule has 0 spiro atoms. The number of aromatic nitrogens is 3. The van der Waals surface area contributed by atoms with E-state index in [0.717, 1.165) is 11.1 Å². The van der Waals surface area contributed by atoms with Crippen molar-refractivity contribution in [3.63, 3.8) is 0 Å². The number of nitrogens with zero attached hydrogens (tertiary/aromatic N) is 3. The van der Waals surface area contributed by atoms with E-state index in [9.17, 15) is 4.79 Å². The van der Waals surface area contributed by atoms with Gasteiger partial charge >= 0.3 is 0 Å². The van der Waals surface area contributed by atoms with Gasteiger partial charge in [-0.15, -0.1) is 0 Å². The van der Waals surface area contributed by atoms with Crippen LogP contribution in [0.15, 0.2) is 66.1 Å². The molecule has 1 atom stereocenters. The smallest absolute Gasteiger partial charge is 0.251 e. The summed E-state index contributed by atoms with van der Waals surface area (Å²) in [5, 5.41) is 10.5. The van der Waals surface area contributed by atoms with Gasteiger partial charge in [0.1, 0.15) is 23.9 Å². The summed E-state index contributed by atoms with van der Waals surface area (Å²) in [6.45, 7) is 2.28. The molecular formula is C22H23N5O3. The molecule has 8 nitrogen and oxygen atoms in total. The first-order valence-electron chi connectivity index (χ1n) is 9.53. The van der Waals surface area contributed by atoms with Crippen LogP contribution in [0, 0.1) is 0 Å². The fraction of sp³-hybridized carbons (Fsp3) is 0.227. The minimum absolute atomic E-state index is 0.187. The second-order valence-electron chi connectivity index (χ2n) is 6.87. The van der Waals surface area contributed by atoms with E-state index in [0.29, 0.717) is 35.3 Å². The molecule has 3 aromatic rings. The van der Waals surface area contributed by atoms with Gasteiger partial charge in [0.15, 0.2) is 0 Å². The van der Waals surface area contributed by atoms with Crippen LogP contribution in [0.2, 0.25) is 0 Å².